The van der Waals surface area contributed by atoms with Gasteiger partial charge < -0.3 is 15.5 Å². The summed E-state index contributed by atoms with van der Waals surface area (Å²) in [5.74, 6) is 0.0912. The van der Waals surface area contributed by atoms with Crippen LogP contribution in [-0.2, 0) is 9.59 Å². The van der Waals surface area contributed by atoms with Gasteiger partial charge in [-0.05, 0) is 25.0 Å². The molecule has 0 bridgehead atoms. The summed E-state index contributed by atoms with van der Waals surface area (Å²) in [4.78, 5) is 25.9. The van der Waals surface area contributed by atoms with Crippen LogP contribution in [0.2, 0.25) is 0 Å². The number of hydrogen-bond acceptors (Lipinski definition) is 3. The van der Waals surface area contributed by atoms with Gasteiger partial charge in [-0.3, -0.25) is 9.59 Å². The van der Waals surface area contributed by atoms with Crippen LogP contribution in [0.25, 0.3) is 0 Å². The Morgan fingerprint density at radius 2 is 2.29 bits per heavy atom. The molecule has 2 amide bonds. The maximum Gasteiger partial charge on any atom is 0.229 e. The number of para-hydroxylation sites is 1. The molecular weight excluding hydrogens is 266 g/mol. The van der Waals surface area contributed by atoms with Crippen molar-refractivity contribution in [1.82, 2.24) is 10.2 Å². The number of nitrogens with one attached hydrogen (secondary N) is 2. The van der Waals surface area contributed by atoms with Gasteiger partial charge in [-0.1, -0.05) is 18.2 Å². The van der Waals surface area contributed by atoms with Crippen molar-refractivity contribution < 1.29 is 9.59 Å². The number of fused-ring (bicyclic) bond motifs is 1. The zero-order valence-corrected chi connectivity index (χ0v) is 12.3. The molecule has 0 aromatic heterocycles. The highest BCUT2D eigenvalue weighted by atomic mass is 16.2. The summed E-state index contributed by atoms with van der Waals surface area (Å²) >= 11 is 0. The van der Waals surface area contributed by atoms with Crippen molar-refractivity contribution in [2.75, 3.05) is 25.0 Å². The molecule has 2 aliphatic rings. The molecule has 2 atom stereocenters. The van der Waals surface area contributed by atoms with Gasteiger partial charge >= 0.3 is 0 Å². The molecular formula is C16H21N3O2. The van der Waals surface area contributed by atoms with Gasteiger partial charge in [0.25, 0.3) is 0 Å². The fraction of sp³-hybridized carbons (Fsp3) is 0.500. The van der Waals surface area contributed by atoms with Gasteiger partial charge in [0.15, 0.2) is 0 Å². The molecule has 1 saturated heterocycles. The first kappa shape index (κ1) is 13.9. The normalized spacial score (nSPS) is 21.9. The van der Waals surface area contributed by atoms with Crippen LogP contribution >= 0.6 is 0 Å². The van der Waals surface area contributed by atoms with Gasteiger partial charge in [0.05, 0.1) is 5.92 Å². The fourth-order valence-corrected chi connectivity index (χ4v) is 3.13. The van der Waals surface area contributed by atoms with E-state index in [0.717, 1.165) is 24.2 Å². The zero-order chi connectivity index (χ0) is 14.8. The highest BCUT2D eigenvalue weighted by Crippen LogP contribution is 2.31. The maximum absolute atomic E-state index is 12.4. The van der Waals surface area contributed by atoms with Crippen molar-refractivity contribution in [1.29, 1.82) is 0 Å². The van der Waals surface area contributed by atoms with Crippen LogP contribution in [0.3, 0.4) is 0 Å². The van der Waals surface area contributed by atoms with E-state index in [-0.39, 0.29) is 23.8 Å². The Hall–Kier alpha value is -2.04. The van der Waals surface area contributed by atoms with E-state index in [1.807, 2.05) is 36.1 Å². The van der Waals surface area contributed by atoms with E-state index in [1.54, 1.807) is 0 Å². The second kappa shape index (κ2) is 5.76. The fourth-order valence-electron chi connectivity index (χ4n) is 3.13. The molecule has 0 spiro atoms. The Bertz CT molecular complexity index is 558. The first-order chi connectivity index (χ1) is 10.1. The summed E-state index contributed by atoms with van der Waals surface area (Å²) in [5.41, 5.74) is 2.10. The minimum Gasteiger partial charge on any atom is -0.384 e. The topological polar surface area (TPSA) is 61.4 Å². The minimum absolute atomic E-state index is 0.0210. The standard InChI is InChI=1S/C16H21N3O2/c1-11(10-19-8-4-7-15(19)20)18-16(21)13-9-17-14-6-3-2-5-12(13)14/h2-3,5-6,11,13,17H,4,7-10H2,1H3,(H,18,21). The molecule has 2 heterocycles. The van der Waals surface area contributed by atoms with Crippen LogP contribution in [0.4, 0.5) is 5.69 Å². The molecule has 2 aliphatic heterocycles. The monoisotopic (exact) mass is 287 g/mol. The molecule has 0 saturated carbocycles. The number of hydrogen-bond donors (Lipinski definition) is 2. The SMILES string of the molecule is CC(CN1CCCC1=O)NC(=O)C1CNc2ccccc21. The van der Waals surface area contributed by atoms with Gasteiger partial charge in [-0.25, -0.2) is 0 Å². The third-order valence-electron chi connectivity index (χ3n) is 4.20. The molecule has 0 radical (unpaired) electrons. The molecule has 0 aliphatic carbocycles. The summed E-state index contributed by atoms with van der Waals surface area (Å²) in [7, 11) is 0. The van der Waals surface area contributed by atoms with Crippen molar-refractivity contribution >= 4 is 17.5 Å². The average Bonchev–Trinajstić information content (AvgIpc) is 3.05. The van der Waals surface area contributed by atoms with E-state index < -0.39 is 0 Å². The van der Waals surface area contributed by atoms with E-state index in [4.69, 9.17) is 0 Å². The lowest BCUT2D eigenvalue weighted by Gasteiger charge is -2.23. The first-order valence-corrected chi connectivity index (χ1v) is 7.56. The third kappa shape index (κ3) is 2.86. The van der Waals surface area contributed by atoms with Crippen molar-refractivity contribution in [2.24, 2.45) is 0 Å². The van der Waals surface area contributed by atoms with Gasteiger partial charge in [0, 0.05) is 37.8 Å². The number of benzene rings is 1. The van der Waals surface area contributed by atoms with Crippen LogP contribution in [0.5, 0.6) is 0 Å². The van der Waals surface area contributed by atoms with Crippen LogP contribution < -0.4 is 10.6 Å². The molecule has 21 heavy (non-hydrogen) atoms. The largest absolute Gasteiger partial charge is 0.384 e. The second-order valence-corrected chi connectivity index (χ2v) is 5.87. The van der Waals surface area contributed by atoms with E-state index in [1.165, 1.54) is 0 Å². The van der Waals surface area contributed by atoms with Crippen molar-refractivity contribution in [3.05, 3.63) is 29.8 Å². The van der Waals surface area contributed by atoms with Crippen molar-refractivity contribution in [3.8, 4) is 0 Å². The van der Waals surface area contributed by atoms with Gasteiger partial charge in [0.1, 0.15) is 0 Å². The predicted molar refractivity (Wildman–Crippen MR) is 81.1 cm³/mol. The molecule has 2 unspecified atom stereocenters. The van der Waals surface area contributed by atoms with Crippen molar-refractivity contribution in [3.63, 3.8) is 0 Å². The summed E-state index contributed by atoms with van der Waals surface area (Å²) in [6.07, 6.45) is 1.57. The third-order valence-corrected chi connectivity index (χ3v) is 4.20. The van der Waals surface area contributed by atoms with Crippen LogP contribution in [0.1, 0.15) is 31.2 Å². The summed E-state index contributed by atoms with van der Waals surface area (Å²) in [5, 5.41) is 6.30. The number of anilines is 1. The Labute approximate surface area is 124 Å². The summed E-state index contributed by atoms with van der Waals surface area (Å²) in [6, 6.07) is 7.89. The van der Waals surface area contributed by atoms with E-state index in [9.17, 15) is 9.59 Å². The Morgan fingerprint density at radius 1 is 1.48 bits per heavy atom. The zero-order valence-electron chi connectivity index (χ0n) is 12.3. The molecule has 5 heteroatoms. The smallest absolute Gasteiger partial charge is 0.229 e. The molecule has 2 N–H and O–H groups in total. The first-order valence-electron chi connectivity index (χ1n) is 7.56. The lowest BCUT2D eigenvalue weighted by atomic mass is 10.0. The molecule has 3 rings (SSSR count). The van der Waals surface area contributed by atoms with Gasteiger partial charge in [-0.2, -0.15) is 0 Å². The molecule has 1 aromatic carbocycles. The number of nitrogens with zero attached hydrogens (tertiary/aromatic N) is 1. The average molecular weight is 287 g/mol. The van der Waals surface area contributed by atoms with Crippen molar-refractivity contribution in [2.45, 2.75) is 31.7 Å². The van der Waals surface area contributed by atoms with E-state index >= 15 is 0 Å². The lowest BCUT2D eigenvalue weighted by molar-refractivity contribution is -0.129. The number of likely N-dealkylation sites (tertiary alicyclic amines) is 1. The number of rotatable bonds is 4. The number of amides is 2. The molecule has 5 nitrogen and oxygen atoms in total. The highest BCUT2D eigenvalue weighted by molar-refractivity contribution is 5.88. The lowest BCUT2D eigenvalue weighted by Crippen LogP contribution is -2.44. The predicted octanol–water partition coefficient (Wildman–Crippen LogP) is 1.32. The molecule has 112 valence electrons. The van der Waals surface area contributed by atoms with Crippen LogP contribution in [0.15, 0.2) is 24.3 Å². The van der Waals surface area contributed by atoms with E-state index in [2.05, 4.69) is 10.6 Å². The molecule has 1 aromatic rings. The van der Waals surface area contributed by atoms with Crippen LogP contribution in [-0.4, -0.2) is 42.4 Å². The van der Waals surface area contributed by atoms with Gasteiger partial charge in [-0.15, -0.1) is 0 Å². The number of carbonyl (C=O) groups is 2. The Morgan fingerprint density at radius 3 is 3.05 bits per heavy atom. The Balaban J connectivity index is 1.58. The van der Waals surface area contributed by atoms with Crippen LogP contribution in [0, 0.1) is 0 Å². The number of carbonyl (C=O) groups excluding carboxylic acids is 2. The maximum atomic E-state index is 12.4. The summed E-state index contributed by atoms with van der Waals surface area (Å²) in [6.45, 7) is 4.01. The van der Waals surface area contributed by atoms with Gasteiger partial charge in [0.2, 0.25) is 11.8 Å². The summed E-state index contributed by atoms with van der Waals surface area (Å²) < 4.78 is 0. The second-order valence-electron chi connectivity index (χ2n) is 5.87. The minimum atomic E-state index is -0.141. The highest BCUT2D eigenvalue weighted by Gasteiger charge is 2.29. The van der Waals surface area contributed by atoms with E-state index in [0.29, 0.717) is 19.5 Å². The Kier molecular flexibility index (Phi) is 3.82. The quantitative estimate of drug-likeness (QED) is 0.878. The molecule has 1 fully saturated rings.